The van der Waals surface area contributed by atoms with Crippen LogP contribution in [0.4, 0.5) is 17.1 Å². The number of nitrogens with one attached hydrogen (secondary N) is 3. The number of amides is 3. The number of rotatable bonds is 5. The molecule has 2 aromatic rings. The zero-order valence-electron chi connectivity index (χ0n) is 16.9. The minimum atomic E-state index is -0.281. The topological polar surface area (TPSA) is 87.3 Å². The Morgan fingerprint density at radius 3 is 2.31 bits per heavy atom. The van der Waals surface area contributed by atoms with E-state index in [0.717, 1.165) is 31.2 Å². The summed E-state index contributed by atoms with van der Waals surface area (Å²) in [5, 5.41) is 8.53. The van der Waals surface area contributed by atoms with Crippen LogP contribution < -0.4 is 16.0 Å². The largest absolute Gasteiger partial charge is 0.326 e. The Labute approximate surface area is 171 Å². The molecule has 0 unspecified atom stereocenters. The van der Waals surface area contributed by atoms with Gasteiger partial charge in [-0.1, -0.05) is 31.4 Å². The standard InChI is InChI=1S/C23H27N3O3/c1-15-11-12-20(14-21(15)24-16(2)27)26-23(29)18-9-6-10-19(13-18)25-22(28)17-7-4-3-5-8-17/h6,9-14,17H,3-5,7-8H2,1-2H3,(H,24,27)(H,25,28)(H,26,29). The summed E-state index contributed by atoms with van der Waals surface area (Å²) in [7, 11) is 0. The van der Waals surface area contributed by atoms with E-state index in [1.165, 1.54) is 13.3 Å². The van der Waals surface area contributed by atoms with Crippen LogP contribution in [0.1, 0.15) is 54.9 Å². The van der Waals surface area contributed by atoms with Gasteiger partial charge in [-0.05, 0) is 55.7 Å². The zero-order valence-corrected chi connectivity index (χ0v) is 16.9. The molecule has 0 heterocycles. The fourth-order valence-corrected chi connectivity index (χ4v) is 3.57. The van der Waals surface area contributed by atoms with Gasteiger partial charge in [-0.15, -0.1) is 0 Å². The highest BCUT2D eigenvalue weighted by molar-refractivity contribution is 6.06. The molecule has 0 radical (unpaired) electrons. The van der Waals surface area contributed by atoms with Crippen molar-refractivity contribution in [2.24, 2.45) is 5.92 Å². The van der Waals surface area contributed by atoms with E-state index < -0.39 is 0 Å². The Kier molecular flexibility index (Phi) is 6.65. The summed E-state index contributed by atoms with van der Waals surface area (Å²) in [4.78, 5) is 36.4. The van der Waals surface area contributed by atoms with Gasteiger partial charge in [-0.2, -0.15) is 0 Å². The van der Waals surface area contributed by atoms with Gasteiger partial charge < -0.3 is 16.0 Å². The number of hydrogen-bond donors (Lipinski definition) is 3. The molecule has 0 saturated heterocycles. The van der Waals surface area contributed by atoms with Crippen molar-refractivity contribution in [2.45, 2.75) is 46.0 Å². The molecule has 0 aromatic heterocycles. The summed E-state index contributed by atoms with van der Waals surface area (Å²) >= 11 is 0. The van der Waals surface area contributed by atoms with E-state index >= 15 is 0 Å². The normalized spacial score (nSPS) is 14.1. The number of hydrogen-bond acceptors (Lipinski definition) is 3. The summed E-state index contributed by atoms with van der Waals surface area (Å²) in [6, 6.07) is 12.3. The van der Waals surface area contributed by atoms with Crippen LogP contribution in [0.25, 0.3) is 0 Å². The predicted octanol–water partition coefficient (Wildman–Crippen LogP) is 4.72. The average Bonchev–Trinajstić information content (AvgIpc) is 2.71. The first-order valence-corrected chi connectivity index (χ1v) is 10.0. The number of benzene rings is 2. The van der Waals surface area contributed by atoms with E-state index in [2.05, 4.69) is 16.0 Å². The van der Waals surface area contributed by atoms with E-state index in [9.17, 15) is 14.4 Å². The lowest BCUT2D eigenvalue weighted by Gasteiger charge is -2.20. The fourth-order valence-electron chi connectivity index (χ4n) is 3.57. The average molecular weight is 393 g/mol. The van der Waals surface area contributed by atoms with Crippen molar-refractivity contribution in [1.29, 1.82) is 0 Å². The third-order valence-electron chi connectivity index (χ3n) is 5.17. The molecule has 152 valence electrons. The smallest absolute Gasteiger partial charge is 0.255 e. The van der Waals surface area contributed by atoms with Crippen LogP contribution in [0.5, 0.6) is 0 Å². The third-order valence-corrected chi connectivity index (χ3v) is 5.17. The molecule has 0 spiro atoms. The molecule has 0 atom stereocenters. The van der Waals surface area contributed by atoms with Crippen LogP contribution >= 0.6 is 0 Å². The van der Waals surface area contributed by atoms with E-state index in [1.54, 1.807) is 36.4 Å². The molecule has 3 rings (SSSR count). The van der Waals surface area contributed by atoms with Crippen molar-refractivity contribution in [3.63, 3.8) is 0 Å². The van der Waals surface area contributed by atoms with E-state index in [1.807, 2.05) is 13.0 Å². The van der Waals surface area contributed by atoms with Gasteiger partial charge in [0.05, 0.1) is 0 Å². The van der Waals surface area contributed by atoms with E-state index in [4.69, 9.17) is 0 Å². The Bertz CT molecular complexity index is 917. The molecule has 6 nitrogen and oxygen atoms in total. The third kappa shape index (κ3) is 5.67. The van der Waals surface area contributed by atoms with Crippen LogP contribution in [0.15, 0.2) is 42.5 Å². The number of carbonyl (C=O) groups excluding carboxylic acids is 3. The lowest BCUT2D eigenvalue weighted by Crippen LogP contribution is -2.24. The number of carbonyl (C=O) groups is 3. The zero-order chi connectivity index (χ0) is 20.8. The van der Waals surface area contributed by atoms with Crippen LogP contribution in [0, 0.1) is 12.8 Å². The van der Waals surface area contributed by atoms with Crippen LogP contribution in [0.2, 0.25) is 0 Å². The maximum atomic E-state index is 12.7. The van der Waals surface area contributed by atoms with Crippen molar-refractivity contribution in [3.8, 4) is 0 Å². The Morgan fingerprint density at radius 2 is 1.59 bits per heavy atom. The van der Waals surface area contributed by atoms with Crippen molar-refractivity contribution in [1.82, 2.24) is 0 Å². The van der Waals surface area contributed by atoms with E-state index in [0.29, 0.717) is 22.6 Å². The highest BCUT2D eigenvalue weighted by Gasteiger charge is 2.21. The van der Waals surface area contributed by atoms with Gasteiger partial charge in [-0.3, -0.25) is 14.4 Å². The Hall–Kier alpha value is -3.15. The SMILES string of the molecule is CC(=O)Nc1cc(NC(=O)c2cccc(NC(=O)C3CCCCC3)c2)ccc1C. The first-order chi connectivity index (χ1) is 13.9. The fraction of sp³-hybridized carbons (Fsp3) is 0.348. The monoisotopic (exact) mass is 393 g/mol. The van der Waals surface area contributed by atoms with Crippen LogP contribution in [-0.4, -0.2) is 17.7 Å². The highest BCUT2D eigenvalue weighted by Crippen LogP contribution is 2.25. The maximum absolute atomic E-state index is 12.7. The molecule has 1 aliphatic rings. The lowest BCUT2D eigenvalue weighted by atomic mass is 9.88. The molecular formula is C23H27N3O3. The molecule has 1 aliphatic carbocycles. The van der Waals surface area contributed by atoms with Crippen LogP contribution in [0.3, 0.4) is 0 Å². The van der Waals surface area contributed by atoms with E-state index in [-0.39, 0.29) is 23.6 Å². The second-order valence-corrected chi connectivity index (χ2v) is 7.57. The summed E-state index contributed by atoms with van der Waals surface area (Å²) in [6.07, 6.45) is 5.24. The molecule has 29 heavy (non-hydrogen) atoms. The minimum Gasteiger partial charge on any atom is -0.326 e. The number of anilines is 3. The van der Waals surface area contributed by atoms with Crippen molar-refractivity contribution in [2.75, 3.05) is 16.0 Å². The Balaban J connectivity index is 1.68. The summed E-state index contributed by atoms with van der Waals surface area (Å²) in [6.45, 7) is 3.33. The second-order valence-electron chi connectivity index (χ2n) is 7.57. The van der Waals surface area contributed by atoms with Gasteiger partial charge in [0.15, 0.2) is 0 Å². The van der Waals surface area contributed by atoms with Crippen molar-refractivity contribution >= 4 is 34.8 Å². The lowest BCUT2D eigenvalue weighted by molar-refractivity contribution is -0.120. The molecule has 0 bridgehead atoms. The first kappa shape index (κ1) is 20.6. The molecule has 3 N–H and O–H groups in total. The van der Waals surface area contributed by atoms with Gasteiger partial charge in [0.25, 0.3) is 5.91 Å². The molecule has 2 aromatic carbocycles. The van der Waals surface area contributed by atoms with Crippen molar-refractivity contribution in [3.05, 3.63) is 53.6 Å². The van der Waals surface area contributed by atoms with Gasteiger partial charge in [-0.25, -0.2) is 0 Å². The van der Waals surface area contributed by atoms with Crippen LogP contribution in [-0.2, 0) is 9.59 Å². The highest BCUT2D eigenvalue weighted by atomic mass is 16.2. The maximum Gasteiger partial charge on any atom is 0.255 e. The summed E-state index contributed by atoms with van der Waals surface area (Å²) < 4.78 is 0. The van der Waals surface area contributed by atoms with Crippen molar-refractivity contribution < 1.29 is 14.4 Å². The molecule has 1 fully saturated rings. The van der Waals surface area contributed by atoms with Gasteiger partial charge >= 0.3 is 0 Å². The number of aryl methyl sites for hydroxylation is 1. The second kappa shape index (κ2) is 9.37. The summed E-state index contributed by atoms with van der Waals surface area (Å²) in [5.41, 5.74) is 3.22. The first-order valence-electron chi connectivity index (χ1n) is 10.0. The summed E-state index contributed by atoms with van der Waals surface area (Å²) in [5.74, 6) is -0.365. The predicted molar refractivity (Wildman–Crippen MR) is 115 cm³/mol. The minimum absolute atomic E-state index is 0.0285. The molecule has 1 saturated carbocycles. The quantitative estimate of drug-likeness (QED) is 0.687. The molecule has 6 heteroatoms. The van der Waals surface area contributed by atoms with Gasteiger partial charge in [0.1, 0.15) is 0 Å². The molecule has 3 amide bonds. The molecule has 0 aliphatic heterocycles. The van der Waals surface area contributed by atoms with Gasteiger partial charge in [0, 0.05) is 35.5 Å². The molecular weight excluding hydrogens is 366 g/mol. The van der Waals surface area contributed by atoms with Gasteiger partial charge in [0.2, 0.25) is 11.8 Å². The Morgan fingerprint density at radius 1 is 0.862 bits per heavy atom.